The molecular formula is C14H24N4O. The van der Waals surface area contributed by atoms with Crippen molar-refractivity contribution in [3.63, 3.8) is 0 Å². The second kappa shape index (κ2) is 8.45. The Morgan fingerprint density at radius 3 is 2.53 bits per heavy atom. The topological polar surface area (TPSA) is 66.9 Å². The fourth-order valence-electron chi connectivity index (χ4n) is 1.92. The van der Waals surface area contributed by atoms with Gasteiger partial charge in [-0.1, -0.05) is 33.1 Å². The van der Waals surface area contributed by atoms with Crippen LogP contribution < -0.4 is 10.6 Å². The molecule has 1 unspecified atom stereocenters. The standard InChI is InChI=1S/C14H24N4O/c1-4-6-8-11(7-5-2)18-14(19)12-9-17-13(15-3)10-16-12/h9-11H,4-8H2,1-3H3,(H,15,17)(H,18,19). The first-order valence-corrected chi connectivity index (χ1v) is 7.01. The molecule has 0 bridgehead atoms. The summed E-state index contributed by atoms with van der Waals surface area (Å²) in [6.07, 6.45) is 8.45. The zero-order valence-electron chi connectivity index (χ0n) is 12.1. The average molecular weight is 264 g/mol. The smallest absolute Gasteiger partial charge is 0.271 e. The number of nitrogens with one attached hydrogen (secondary N) is 2. The zero-order chi connectivity index (χ0) is 14.1. The Kier molecular flexibility index (Phi) is 6.85. The summed E-state index contributed by atoms with van der Waals surface area (Å²) in [5.74, 6) is 0.525. The molecule has 1 aromatic heterocycles. The van der Waals surface area contributed by atoms with Gasteiger partial charge in [-0.25, -0.2) is 9.97 Å². The summed E-state index contributed by atoms with van der Waals surface area (Å²) in [6, 6.07) is 0.239. The maximum atomic E-state index is 12.1. The monoisotopic (exact) mass is 264 g/mol. The number of carbonyl (C=O) groups is 1. The van der Waals surface area contributed by atoms with Gasteiger partial charge in [0.25, 0.3) is 5.91 Å². The summed E-state index contributed by atoms with van der Waals surface area (Å²) in [4.78, 5) is 20.3. The highest BCUT2D eigenvalue weighted by Gasteiger charge is 2.14. The van der Waals surface area contributed by atoms with E-state index in [9.17, 15) is 4.79 Å². The molecule has 2 N–H and O–H groups in total. The summed E-state index contributed by atoms with van der Waals surface area (Å²) < 4.78 is 0. The molecule has 0 aromatic carbocycles. The van der Waals surface area contributed by atoms with Crippen LogP contribution in [0.15, 0.2) is 12.4 Å². The maximum absolute atomic E-state index is 12.1. The minimum atomic E-state index is -0.135. The molecule has 1 aromatic rings. The van der Waals surface area contributed by atoms with Gasteiger partial charge in [0.05, 0.1) is 12.4 Å². The van der Waals surface area contributed by atoms with Crippen LogP contribution in [0.3, 0.4) is 0 Å². The Hall–Kier alpha value is -1.65. The molecule has 1 rings (SSSR count). The number of aromatic nitrogens is 2. The van der Waals surface area contributed by atoms with E-state index >= 15 is 0 Å². The van der Waals surface area contributed by atoms with Gasteiger partial charge >= 0.3 is 0 Å². The Balaban J connectivity index is 2.58. The lowest BCUT2D eigenvalue weighted by Crippen LogP contribution is -2.35. The number of hydrogen-bond acceptors (Lipinski definition) is 4. The van der Waals surface area contributed by atoms with Gasteiger partial charge in [-0.3, -0.25) is 4.79 Å². The predicted molar refractivity (Wildman–Crippen MR) is 77.3 cm³/mol. The van der Waals surface area contributed by atoms with Crippen molar-refractivity contribution in [2.24, 2.45) is 0 Å². The molecule has 0 saturated carbocycles. The lowest BCUT2D eigenvalue weighted by atomic mass is 10.1. The van der Waals surface area contributed by atoms with Crippen molar-refractivity contribution in [1.29, 1.82) is 0 Å². The molecule has 106 valence electrons. The molecule has 0 aliphatic rings. The van der Waals surface area contributed by atoms with Gasteiger partial charge in [-0.2, -0.15) is 0 Å². The van der Waals surface area contributed by atoms with Crippen LogP contribution >= 0.6 is 0 Å². The molecule has 0 aliphatic heterocycles. The quantitative estimate of drug-likeness (QED) is 0.757. The third-order valence-corrected chi connectivity index (χ3v) is 3.02. The van der Waals surface area contributed by atoms with E-state index in [0.29, 0.717) is 11.5 Å². The second-order valence-corrected chi connectivity index (χ2v) is 4.64. The Morgan fingerprint density at radius 2 is 2.00 bits per heavy atom. The fraction of sp³-hybridized carbons (Fsp3) is 0.643. The van der Waals surface area contributed by atoms with Crippen molar-refractivity contribution >= 4 is 11.7 Å². The van der Waals surface area contributed by atoms with Gasteiger partial charge in [-0.05, 0) is 12.8 Å². The highest BCUT2D eigenvalue weighted by Crippen LogP contribution is 2.08. The molecule has 5 heteroatoms. The molecular weight excluding hydrogens is 240 g/mol. The van der Waals surface area contributed by atoms with Crippen molar-refractivity contribution in [1.82, 2.24) is 15.3 Å². The predicted octanol–water partition coefficient (Wildman–Crippen LogP) is 2.61. The average Bonchev–Trinajstić information content (AvgIpc) is 2.45. The van der Waals surface area contributed by atoms with Gasteiger partial charge < -0.3 is 10.6 Å². The van der Waals surface area contributed by atoms with Crippen molar-refractivity contribution in [2.75, 3.05) is 12.4 Å². The van der Waals surface area contributed by atoms with Crippen LogP contribution in [-0.4, -0.2) is 29.0 Å². The molecule has 0 spiro atoms. The molecule has 19 heavy (non-hydrogen) atoms. The normalized spacial score (nSPS) is 11.9. The van der Waals surface area contributed by atoms with Crippen LogP contribution in [0.4, 0.5) is 5.82 Å². The summed E-state index contributed by atoms with van der Waals surface area (Å²) >= 11 is 0. The van der Waals surface area contributed by atoms with Crippen LogP contribution in [-0.2, 0) is 0 Å². The van der Waals surface area contributed by atoms with E-state index in [0.717, 1.165) is 32.1 Å². The second-order valence-electron chi connectivity index (χ2n) is 4.64. The largest absolute Gasteiger partial charge is 0.372 e. The molecule has 0 radical (unpaired) electrons. The first-order valence-electron chi connectivity index (χ1n) is 7.01. The van der Waals surface area contributed by atoms with Gasteiger partial charge in [0.2, 0.25) is 0 Å². The molecule has 1 amide bonds. The molecule has 5 nitrogen and oxygen atoms in total. The molecule has 0 aliphatic carbocycles. The summed E-state index contributed by atoms with van der Waals surface area (Å²) in [7, 11) is 1.77. The highest BCUT2D eigenvalue weighted by atomic mass is 16.1. The number of carbonyl (C=O) groups excluding carboxylic acids is 1. The van der Waals surface area contributed by atoms with E-state index < -0.39 is 0 Å². The van der Waals surface area contributed by atoms with E-state index in [1.165, 1.54) is 6.20 Å². The van der Waals surface area contributed by atoms with E-state index in [2.05, 4.69) is 34.4 Å². The van der Waals surface area contributed by atoms with Crippen molar-refractivity contribution < 1.29 is 4.79 Å². The molecule has 1 heterocycles. The third-order valence-electron chi connectivity index (χ3n) is 3.02. The van der Waals surface area contributed by atoms with E-state index in [-0.39, 0.29) is 11.9 Å². The van der Waals surface area contributed by atoms with Gasteiger partial charge in [0.15, 0.2) is 0 Å². The number of amides is 1. The summed E-state index contributed by atoms with van der Waals surface area (Å²) in [5, 5.41) is 5.92. The fourth-order valence-corrected chi connectivity index (χ4v) is 1.92. The number of nitrogens with zero attached hydrogens (tertiary/aromatic N) is 2. The summed E-state index contributed by atoms with van der Waals surface area (Å²) in [6.45, 7) is 4.29. The summed E-state index contributed by atoms with van der Waals surface area (Å²) in [5.41, 5.74) is 0.372. The maximum Gasteiger partial charge on any atom is 0.271 e. The van der Waals surface area contributed by atoms with Crippen molar-refractivity contribution in [2.45, 2.75) is 52.0 Å². The first kappa shape index (κ1) is 15.4. The van der Waals surface area contributed by atoms with E-state index in [4.69, 9.17) is 0 Å². The lowest BCUT2D eigenvalue weighted by molar-refractivity contribution is 0.0926. The lowest BCUT2D eigenvalue weighted by Gasteiger charge is -2.17. The van der Waals surface area contributed by atoms with Crippen LogP contribution in [0.2, 0.25) is 0 Å². The number of unbranched alkanes of at least 4 members (excludes halogenated alkanes) is 1. The van der Waals surface area contributed by atoms with Gasteiger partial charge in [0.1, 0.15) is 11.5 Å². The SMILES string of the molecule is CCCCC(CCC)NC(=O)c1cnc(NC)cn1. The van der Waals surface area contributed by atoms with Crippen LogP contribution in [0, 0.1) is 0 Å². The molecule has 1 atom stereocenters. The van der Waals surface area contributed by atoms with Gasteiger partial charge in [0, 0.05) is 13.1 Å². The zero-order valence-corrected chi connectivity index (χ0v) is 12.1. The molecule has 0 saturated heterocycles. The van der Waals surface area contributed by atoms with Crippen LogP contribution in [0.1, 0.15) is 56.4 Å². The third kappa shape index (κ3) is 5.24. The minimum absolute atomic E-state index is 0.135. The van der Waals surface area contributed by atoms with Gasteiger partial charge in [-0.15, -0.1) is 0 Å². The Bertz CT molecular complexity index is 378. The highest BCUT2D eigenvalue weighted by molar-refractivity contribution is 5.92. The number of rotatable bonds is 8. The minimum Gasteiger partial charge on any atom is -0.372 e. The van der Waals surface area contributed by atoms with Crippen LogP contribution in [0.5, 0.6) is 0 Å². The number of anilines is 1. The Labute approximate surface area is 115 Å². The van der Waals surface area contributed by atoms with Crippen molar-refractivity contribution in [3.05, 3.63) is 18.1 Å². The Morgan fingerprint density at radius 1 is 1.21 bits per heavy atom. The van der Waals surface area contributed by atoms with E-state index in [1.54, 1.807) is 13.2 Å². The van der Waals surface area contributed by atoms with E-state index in [1.807, 2.05) is 0 Å². The molecule has 0 fully saturated rings. The number of hydrogen-bond donors (Lipinski definition) is 2. The first-order chi connectivity index (χ1) is 9.21. The van der Waals surface area contributed by atoms with Crippen molar-refractivity contribution in [3.8, 4) is 0 Å². The van der Waals surface area contributed by atoms with Crippen LogP contribution in [0.25, 0.3) is 0 Å².